The van der Waals surface area contributed by atoms with E-state index in [0.717, 1.165) is 11.8 Å². The first-order chi connectivity index (χ1) is 4.84. The summed E-state index contributed by atoms with van der Waals surface area (Å²) in [4.78, 5) is 7.78. The second-order valence-electron chi connectivity index (χ2n) is 1.35. The number of thioether (sulfide) groups is 1. The Labute approximate surface area is 70.6 Å². The van der Waals surface area contributed by atoms with Gasteiger partial charge in [-0.25, -0.2) is 9.97 Å². The van der Waals surface area contributed by atoms with Gasteiger partial charge in [0, 0.05) is 24.2 Å². The number of nitrogens with zero attached hydrogens (tertiary/aromatic N) is 3. The fraction of sp³-hybridized carbons (Fsp3) is 0. The van der Waals surface area contributed by atoms with Crippen LogP contribution in [0.4, 0.5) is 0 Å². The van der Waals surface area contributed by atoms with E-state index in [1.165, 1.54) is 0 Å². The molecule has 0 bridgehead atoms. The lowest BCUT2D eigenvalue weighted by atomic mass is 10.8. The molecular formula is C5H2BrN3S. The van der Waals surface area contributed by atoms with Gasteiger partial charge in [-0.05, 0) is 15.9 Å². The molecule has 10 heavy (non-hydrogen) atoms. The molecule has 0 atom stereocenters. The van der Waals surface area contributed by atoms with Crippen LogP contribution in [-0.2, 0) is 0 Å². The fourth-order valence-electron chi connectivity index (χ4n) is 0.420. The lowest BCUT2D eigenvalue weighted by Crippen LogP contribution is -1.81. The Morgan fingerprint density at radius 3 is 2.80 bits per heavy atom. The molecule has 0 aromatic carbocycles. The van der Waals surface area contributed by atoms with Crippen molar-refractivity contribution < 1.29 is 0 Å². The molecule has 0 aliphatic heterocycles. The minimum absolute atomic E-state index is 0.602. The molecule has 1 aromatic rings. The summed E-state index contributed by atoms with van der Waals surface area (Å²) >= 11 is 4.14. The standard InChI is InChI=1S/C5H2BrN3S/c6-4-5(10-3-7)9-2-1-8-4/h1-2H. The minimum Gasteiger partial charge on any atom is -0.245 e. The highest BCUT2D eigenvalue weighted by Gasteiger charge is 1.99. The largest absolute Gasteiger partial charge is 0.245 e. The van der Waals surface area contributed by atoms with Gasteiger partial charge in [0.05, 0.1) is 0 Å². The van der Waals surface area contributed by atoms with Crippen molar-refractivity contribution in [3.63, 3.8) is 0 Å². The Hall–Kier alpha value is -0.600. The van der Waals surface area contributed by atoms with Crippen LogP contribution in [0.1, 0.15) is 0 Å². The predicted octanol–water partition coefficient (Wildman–Crippen LogP) is 1.81. The van der Waals surface area contributed by atoms with Gasteiger partial charge in [-0.15, -0.1) is 0 Å². The van der Waals surface area contributed by atoms with E-state index in [2.05, 4.69) is 25.9 Å². The third kappa shape index (κ3) is 1.69. The molecule has 0 amide bonds. The van der Waals surface area contributed by atoms with E-state index < -0.39 is 0 Å². The van der Waals surface area contributed by atoms with E-state index >= 15 is 0 Å². The molecule has 0 fully saturated rings. The third-order valence-electron chi connectivity index (χ3n) is 0.765. The quantitative estimate of drug-likeness (QED) is 0.530. The second kappa shape index (κ2) is 3.54. The molecule has 0 saturated carbocycles. The Balaban J connectivity index is 2.94. The van der Waals surface area contributed by atoms with Crippen molar-refractivity contribution in [3.05, 3.63) is 17.0 Å². The maximum Gasteiger partial charge on any atom is 0.143 e. The highest BCUT2D eigenvalue weighted by molar-refractivity contribution is 9.10. The molecule has 1 aromatic heterocycles. The van der Waals surface area contributed by atoms with Crippen LogP contribution in [-0.4, -0.2) is 9.97 Å². The van der Waals surface area contributed by atoms with Gasteiger partial charge in [-0.3, -0.25) is 0 Å². The van der Waals surface area contributed by atoms with Crippen LogP contribution in [0.3, 0.4) is 0 Å². The van der Waals surface area contributed by atoms with Crippen molar-refractivity contribution in [1.82, 2.24) is 9.97 Å². The van der Waals surface area contributed by atoms with E-state index in [4.69, 9.17) is 5.26 Å². The smallest absolute Gasteiger partial charge is 0.143 e. The average molecular weight is 216 g/mol. The van der Waals surface area contributed by atoms with Gasteiger partial charge >= 0.3 is 0 Å². The summed E-state index contributed by atoms with van der Waals surface area (Å²) in [5, 5.41) is 10.8. The topological polar surface area (TPSA) is 49.6 Å². The van der Waals surface area contributed by atoms with E-state index in [9.17, 15) is 0 Å². The molecule has 1 rings (SSSR count). The van der Waals surface area contributed by atoms with Crippen LogP contribution in [0.2, 0.25) is 0 Å². The summed E-state index contributed by atoms with van der Waals surface area (Å²) in [7, 11) is 0. The minimum atomic E-state index is 0.602. The van der Waals surface area contributed by atoms with Crippen molar-refractivity contribution in [2.24, 2.45) is 0 Å². The van der Waals surface area contributed by atoms with Crippen LogP contribution < -0.4 is 0 Å². The van der Waals surface area contributed by atoms with Gasteiger partial charge in [0.1, 0.15) is 15.0 Å². The van der Waals surface area contributed by atoms with Gasteiger partial charge in [-0.2, -0.15) is 5.26 Å². The first-order valence-corrected chi connectivity index (χ1v) is 3.98. The van der Waals surface area contributed by atoms with Gasteiger partial charge in [0.15, 0.2) is 0 Å². The first kappa shape index (κ1) is 7.51. The number of hydrogen-bond acceptors (Lipinski definition) is 4. The summed E-state index contributed by atoms with van der Waals surface area (Å²) in [6, 6.07) is 0. The van der Waals surface area contributed by atoms with Crippen molar-refractivity contribution in [1.29, 1.82) is 5.26 Å². The maximum atomic E-state index is 8.27. The molecule has 0 aliphatic carbocycles. The molecule has 1 heterocycles. The predicted molar refractivity (Wildman–Crippen MR) is 41.2 cm³/mol. The second-order valence-corrected chi connectivity index (χ2v) is 2.87. The average Bonchev–Trinajstić information content (AvgIpc) is 1.94. The van der Waals surface area contributed by atoms with Crippen LogP contribution in [0.15, 0.2) is 22.0 Å². The highest BCUT2D eigenvalue weighted by atomic mass is 79.9. The molecule has 50 valence electrons. The van der Waals surface area contributed by atoms with Crippen molar-refractivity contribution in [2.75, 3.05) is 0 Å². The van der Waals surface area contributed by atoms with Gasteiger partial charge in [0.25, 0.3) is 0 Å². The zero-order valence-corrected chi connectivity index (χ0v) is 7.19. The number of nitriles is 1. The van der Waals surface area contributed by atoms with Crippen LogP contribution in [0.25, 0.3) is 0 Å². The number of thiocyanates is 1. The van der Waals surface area contributed by atoms with E-state index in [1.54, 1.807) is 12.4 Å². The lowest BCUT2D eigenvalue weighted by molar-refractivity contribution is 1.02. The summed E-state index contributed by atoms with van der Waals surface area (Å²) in [6.07, 6.45) is 3.11. The summed E-state index contributed by atoms with van der Waals surface area (Å²) in [6.45, 7) is 0. The Bertz CT molecular complexity index is 270. The zero-order valence-electron chi connectivity index (χ0n) is 4.78. The normalized spacial score (nSPS) is 8.80. The van der Waals surface area contributed by atoms with Crippen LogP contribution in [0.5, 0.6) is 0 Å². The summed E-state index contributed by atoms with van der Waals surface area (Å²) < 4.78 is 0.613. The number of rotatable bonds is 1. The first-order valence-electron chi connectivity index (χ1n) is 2.37. The number of halogens is 1. The van der Waals surface area contributed by atoms with Gasteiger partial charge in [-0.1, -0.05) is 0 Å². The SMILES string of the molecule is N#CSc1nccnc1Br. The Morgan fingerprint density at radius 2 is 2.20 bits per heavy atom. The monoisotopic (exact) mass is 215 g/mol. The Kier molecular flexibility index (Phi) is 2.66. The third-order valence-corrected chi connectivity index (χ3v) is 2.19. The zero-order chi connectivity index (χ0) is 7.40. The van der Waals surface area contributed by atoms with E-state index in [-0.39, 0.29) is 0 Å². The molecule has 0 saturated heterocycles. The molecule has 0 N–H and O–H groups in total. The van der Waals surface area contributed by atoms with Gasteiger partial charge in [0.2, 0.25) is 0 Å². The van der Waals surface area contributed by atoms with Crippen LogP contribution >= 0.6 is 27.7 Å². The lowest BCUT2D eigenvalue weighted by Gasteiger charge is -1.91. The molecule has 3 nitrogen and oxygen atoms in total. The maximum absolute atomic E-state index is 8.27. The Morgan fingerprint density at radius 1 is 1.50 bits per heavy atom. The van der Waals surface area contributed by atoms with Crippen LogP contribution in [0, 0.1) is 10.7 Å². The van der Waals surface area contributed by atoms with Crippen molar-refractivity contribution in [2.45, 2.75) is 5.03 Å². The van der Waals surface area contributed by atoms with E-state index in [0.29, 0.717) is 9.63 Å². The molecular weight excluding hydrogens is 214 g/mol. The molecule has 0 unspecified atom stereocenters. The highest BCUT2D eigenvalue weighted by Crippen LogP contribution is 2.20. The number of hydrogen-bond donors (Lipinski definition) is 0. The molecule has 0 radical (unpaired) electrons. The molecule has 0 spiro atoms. The van der Waals surface area contributed by atoms with E-state index in [1.807, 2.05) is 5.40 Å². The molecule has 0 aliphatic rings. The fourth-order valence-corrected chi connectivity index (χ4v) is 1.22. The number of aromatic nitrogens is 2. The van der Waals surface area contributed by atoms with Crippen molar-refractivity contribution in [3.8, 4) is 5.40 Å². The summed E-state index contributed by atoms with van der Waals surface area (Å²) in [5.41, 5.74) is 0. The summed E-state index contributed by atoms with van der Waals surface area (Å²) in [5.74, 6) is 0. The van der Waals surface area contributed by atoms with Gasteiger partial charge < -0.3 is 0 Å². The van der Waals surface area contributed by atoms with Crippen molar-refractivity contribution >= 4 is 27.7 Å². The molecule has 5 heteroatoms.